The number of rotatable bonds is 9. The molecular weight excluding hydrogens is 218 g/mol. The molecular formula is C13H25NO3. The maximum Gasteiger partial charge on any atom is 0.107 e. The molecule has 0 heterocycles. The number of hydrogen-bond acceptors (Lipinski definition) is 4. The maximum atomic E-state index is 5.78. The normalized spacial score (nSPS) is 12.5. The van der Waals surface area contributed by atoms with Crippen LogP contribution in [0, 0.1) is 12.3 Å². The predicted octanol–water partition coefficient (Wildman–Crippen LogP) is 1.19. The molecule has 0 fully saturated rings. The number of nitrogens with two attached hydrogens (primary N) is 1. The van der Waals surface area contributed by atoms with Crippen LogP contribution >= 0.6 is 0 Å². The van der Waals surface area contributed by atoms with Crippen molar-refractivity contribution < 1.29 is 14.2 Å². The summed E-state index contributed by atoms with van der Waals surface area (Å²) in [5, 5.41) is 0. The van der Waals surface area contributed by atoms with Crippen molar-refractivity contribution in [2.75, 3.05) is 33.0 Å². The molecule has 0 unspecified atom stereocenters. The lowest BCUT2D eigenvalue weighted by molar-refractivity contribution is -0.136. The second-order valence-corrected chi connectivity index (χ2v) is 5.14. The maximum absolute atomic E-state index is 5.78. The molecule has 0 aromatic heterocycles. The first kappa shape index (κ1) is 16.4. The highest BCUT2D eigenvalue weighted by Gasteiger charge is 2.25. The summed E-state index contributed by atoms with van der Waals surface area (Å²) in [5.74, 6) is 2.42. The fourth-order valence-electron chi connectivity index (χ4n) is 1.14. The molecule has 100 valence electrons. The zero-order chi connectivity index (χ0) is 13.4. The molecule has 0 saturated carbocycles. The van der Waals surface area contributed by atoms with Crippen molar-refractivity contribution in [1.82, 2.24) is 0 Å². The lowest BCUT2D eigenvalue weighted by atomic mass is 10.1. The SMILES string of the molecule is C#CCOCC(C)(C)OCC(C)(C)OCCN. The monoisotopic (exact) mass is 243 g/mol. The van der Waals surface area contributed by atoms with Gasteiger partial charge in [-0.1, -0.05) is 5.92 Å². The molecule has 0 radical (unpaired) electrons. The Morgan fingerprint density at radius 1 is 1.06 bits per heavy atom. The van der Waals surface area contributed by atoms with E-state index in [0.29, 0.717) is 33.0 Å². The molecule has 0 spiro atoms. The van der Waals surface area contributed by atoms with Crippen LogP contribution < -0.4 is 5.73 Å². The second-order valence-electron chi connectivity index (χ2n) is 5.14. The Morgan fingerprint density at radius 3 is 2.18 bits per heavy atom. The molecule has 0 aromatic rings. The van der Waals surface area contributed by atoms with E-state index in [1.54, 1.807) is 0 Å². The minimum Gasteiger partial charge on any atom is -0.372 e. The van der Waals surface area contributed by atoms with E-state index in [1.165, 1.54) is 0 Å². The molecule has 2 N–H and O–H groups in total. The van der Waals surface area contributed by atoms with Crippen LogP contribution in [-0.4, -0.2) is 44.2 Å². The van der Waals surface area contributed by atoms with E-state index >= 15 is 0 Å². The Kier molecular flexibility index (Phi) is 7.40. The molecule has 0 aliphatic heterocycles. The zero-order valence-corrected chi connectivity index (χ0v) is 11.4. The van der Waals surface area contributed by atoms with Gasteiger partial charge >= 0.3 is 0 Å². The molecule has 4 nitrogen and oxygen atoms in total. The van der Waals surface area contributed by atoms with Gasteiger partial charge in [-0.2, -0.15) is 0 Å². The van der Waals surface area contributed by atoms with E-state index in [1.807, 2.05) is 27.7 Å². The van der Waals surface area contributed by atoms with Crippen molar-refractivity contribution in [3.63, 3.8) is 0 Å². The van der Waals surface area contributed by atoms with Crippen molar-refractivity contribution in [2.24, 2.45) is 5.73 Å². The molecule has 0 amide bonds. The van der Waals surface area contributed by atoms with Gasteiger partial charge in [-0.05, 0) is 27.7 Å². The molecule has 0 atom stereocenters. The Bertz CT molecular complexity index is 244. The highest BCUT2D eigenvalue weighted by molar-refractivity contribution is 4.83. The smallest absolute Gasteiger partial charge is 0.107 e. The third-order valence-corrected chi connectivity index (χ3v) is 2.06. The van der Waals surface area contributed by atoms with Crippen LogP contribution in [0.4, 0.5) is 0 Å². The standard InChI is InChI=1S/C13H25NO3/c1-6-8-15-10-12(2,3)17-11-13(4,5)16-9-7-14/h1H,7-11,14H2,2-5H3. The highest BCUT2D eigenvalue weighted by Crippen LogP contribution is 2.16. The molecule has 4 heteroatoms. The summed E-state index contributed by atoms with van der Waals surface area (Å²) in [5.41, 5.74) is 4.67. The van der Waals surface area contributed by atoms with Gasteiger partial charge in [0.2, 0.25) is 0 Å². The zero-order valence-electron chi connectivity index (χ0n) is 11.4. The van der Waals surface area contributed by atoms with Crippen LogP contribution in [0.3, 0.4) is 0 Å². The van der Waals surface area contributed by atoms with Crippen LogP contribution in [0.5, 0.6) is 0 Å². The van der Waals surface area contributed by atoms with Gasteiger partial charge in [-0.15, -0.1) is 6.42 Å². The lowest BCUT2D eigenvalue weighted by Gasteiger charge is -2.31. The van der Waals surface area contributed by atoms with E-state index in [9.17, 15) is 0 Å². The predicted molar refractivity (Wildman–Crippen MR) is 68.8 cm³/mol. The minimum atomic E-state index is -0.375. The molecule has 17 heavy (non-hydrogen) atoms. The molecule has 0 aliphatic rings. The Labute approximate surface area is 105 Å². The van der Waals surface area contributed by atoms with Gasteiger partial charge in [0.05, 0.1) is 31.0 Å². The van der Waals surface area contributed by atoms with Crippen molar-refractivity contribution in [1.29, 1.82) is 0 Å². The van der Waals surface area contributed by atoms with Crippen LogP contribution in [0.15, 0.2) is 0 Å². The molecule has 0 bridgehead atoms. The van der Waals surface area contributed by atoms with Gasteiger partial charge in [0.1, 0.15) is 6.61 Å². The van der Waals surface area contributed by atoms with E-state index < -0.39 is 0 Å². The van der Waals surface area contributed by atoms with Crippen molar-refractivity contribution >= 4 is 0 Å². The van der Waals surface area contributed by atoms with Crippen molar-refractivity contribution in [3.8, 4) is 12.3 Å². The average molecular weight is 243 g/mol. The highest BCUT2D eigenvalue weighted by atomic mass is 16.6. The van der Waals surface area contributed by atoms with Gasteiger partial charge in [-0.25, -0.2) is 0 Å². The first-order valence-electron chi connectivity index (χ1n) is 5.82. The van der Waals surface area contributed by atoms with Crippen LogP contribution in [0.2, 0.25) is 0 Å². The first-order valence-corrected chi connectivity index (χ1v) is 5.82. The Morgan fingerprint density at radius 2 is 1.65 bits per heavy atom. The Hall–Kier alpha value is -0.600. The summed E-state index contributed by atoms with van der Waals surface area (Å²) in [6, 6.07) is 0. The van der Waals surface area contributed by atoms with Crippen LogP contribution in [0.25, 0.3) is 0 Å². The number of terminal acetylenes is 1. The van der Waals surface area contributed by atoms with E-state index in [4.69, 9.17) is 26.4 Å². The summed E-state index contributed by atoms with van der Waals surface area (Å²) in [6.07, 6.45) is 5.11. The van der Waals surface area contributed by atoms with Gasteiger partial charge in [0, 0.05) is 6.54 Å². The van der Waals surface area contributed by atoms with Gasteiger partial charge < -0.3 is 19.9 Å². The van der Waals surface area contributed by atoms with Gasteiger partial charge in [0.25, 0.3) is 0 Å². The number of ether oxygens (including phenoxy) is 3. The van der Waals surface area contributed by atoms with Crippen LogP contribution in [-0.2, 0) is 14.2 Å². The second kappa shape index (κ2) is 7.67. The van der Waals surface area contributed by atoms with E-state index in [-0.39, 0.29) is 11.2 Å². The fourth-order valence-corrected chi connectivity index (χ4v) is 1.14. The largest absolute Gasteiger partial charge is 0.372 e. The molecule has 0 aromatic carbocycles. The van der Waals surface area contributed by atoms with Crippen molar-refractivity contribution in [3.05, 3.63) is 0 Å². The van der Waals surface area contributed by atoms with Crippen molar-refractivity contribution in [2.45, 2.75) is 38.9 Å². The quantitative estimate of drug-likeness (QED) is 0.488. The fraction of sp³-hybridized carbons (Fsp3) is 0.846. The first-order chi connectivity index (χ1) is 7.83. The van der Waals surface area contributed by atoms with Crippen LogP contribution in [0.1, 0.15) is 27.7 Å². The topological polar surface area (TPSA) is 53.7 Å². The Balaban J connectivity index is 3.94. The summed E-state index contributed by atoms with van der Waals surface area (Å²) >= 11 is 0. The third kappa shape index (κ3) is 9.13. The molecule has 0 rings (SSSR count). The summed E-state index contributed by atoms with van der Waals surface area (Å²) in [7, 11) is 0. The van der Waals surface area contributed by atoms with E-state index in [0.717, 1.165) is 0 Å². The van der Waals surface area contributed by atoms with Gasteiger partial charge in [-0.3, -0.25) is 0 Å². The summed E-state index contributed by atoms with van der Waals surface area (Å²) in [4.78, 5) is 0. The summed E-state index contributed by atoms with van der Waals surface area (Å²) < 4.78 is 16.6. The molecule has 0 saturated heterocycles. The lowest BCUT2D eigenvalue weighted by Crippen LogP contribution is -2.39. The average Bonchev–Trinajstić information content (AvgIpc) is 2.25. The van der Waals surface area contributed by atoms with E-state index in [2.05, 4.69) is 5.92 Å². The summed E-state index contributed by atoms with van der Waals surface area (Å²) in [6.45, 7) is 10.2. The minimum absolute atomic E-state index is 0.305. The molecule has 0 aliphatic carbocycles. The van der Waals surface area contributed by atoms with Gasteiger partial charge in [0.15, 0.2) is 0 Å². The third-order valence-electron chi connectivity index (χ3n) is 2.06. The number of hydrogen-bond donors (Lipinski definition) is 1.